The van der Waals surface area contributed by atoms with Gasteiger partial charge in [0.25, 0.3) is 0 Å². The monoisotopic (exact) mass is 185 g/mol. The molecule has 0 aromatic carbocycles. The average Bonchev–Trinajstić information content (AvgIpc) is 2.66. The van der Waals surface area contributed by atoms with Gasteiger partial charge in [0.1, 0.15) is 0 Å². The maximum atomic E-state index is 2.60. The van der Waals surface area contributed by atoms with Gasteiger partial charge < -0.3 is 0 Å². The summed E-state index contributed by atoms with van der Waals surface area (Å²) in [7, 11) is 0. The van der Waals surface area contributed by atoms with Crippen LogP contribution in [-0.2, 0) is 0 Å². The van der Waals surface area contributed by atoms with E-state index < -0.39 is 0 Å². The van der Waals surface area contributed by atoms with Gasteiger partial charge in [0.05, 0.1) is 0 Å². The van der Waals surface area contributed by atoms with Crippen molar-refractivity contribution in [3.8, 4) is 0 Å². The Morgan fingerprint density at radius 2 is 2.00 bits per heavy atom. The number of rotatable bonds is 3. The van der Waals surface area contributed by atoms with Crippen molar-refractivity contribution in [2.45, 2.75) is 38.4 Å². The fraction of sp³-hybridized carbons (Fsp3) is 1.00. The molecule has 70 valence electrons. The van der Waals surface area contributed by atoms with Gasteiger partial charge in [-0.15, -0.1) is 0 Å². The van der Waals surface area contributed by atoms with E-state index in [1.54, 1.807) is 0 Å². The van der Waals surface area contributed by atoms with Crippen molar-refractivity contribution >= 4 is 11.9 Å². The van der Waals surface area contributed by atoms with Crippen LogP contribution >= 0.6 is 11.9 Å². The first-order valence-corrected chi connectivity index (χ1v) is 6.01. The molecule has 2 fully saturated rings. The smallest absolute Gasteiger partial charge is 0.0196 e. The van der Waals surface area contributed by atoms with Gasteiger partial charge in [-0.25, -0.2) is 0 Å². The normalized spacial score (nSPS) is 31.8. The first-order valence-electron chi connectivity index (χ1n) is 5.17. The minimum atomic E-state index is 0.884. The standard InChI is InChI=1S/C10H19NS/c1-8(2)9-5-6-11(7-9)12-10-3-4-10/h8-10H,3-7H2,1-2H3/t9-/m1/s1. The lowest BCUT2D eigenvalue weighted by atomic mass is 9.96. The van der Waals surface area contributed by atoms with E-state index in [9.17, 15) is 0 Å². The molecule has 0 radical (unpaired) electrons. The van der Waals surface area contributed by atoms with Crippen LogP contribution in [0.15, 0.2) is 0 Å². The van der Waals surface area contributed by atoms with Gasteiger partial charge in [0.2, 0.25) is 0 Å². The lowest BCUT2D eigenvalue weighted by Crippen LogP contribution is -2.15. The average molecular weight is 185 g/mol. The molecule has 12 heavy (non-hydrogen) atoms. The second-order valence-electron chi connectivity index (χ2n) is 4.49. The van der Waals surface area contributed by atoms with Gasteiger partial charge in [0, 0.05) is 18.3 Å². The number of hydrogen-bond donors (Lipinski definition) is 0. The molecular formula is C10H19NS. The van der Waals surface area contributed by atoms with Crippen molar-refractivity contribution in [1.29, 1.82) is 0 Å². The minimum absolute atomic E-state index is 0.884. The maximum Gasteiger partial charge on any atom is 0.0196 e. The summed E-state index contributed by atoms with van der Waals surface area (Å²) in [5, 5.41) is 0.996. The Kier molecular flexibility index (Phi) is 2.66. The Bertz CT molecular complexity index is 154. The zero-order valence-corrected chi connectivity index (χ0v) is 8.94. The molecule has 1 saturated heterocycles. The van der Waals surface area contributed by atoms with E-state index in [-0.39, 0.29) is 0 Å². The van der Waals surface area contributed by atoms with E-state index in [1.165, 1.54) is 32.4 Å². The zero-order chi connectivity index (χ0) is 8.55. The summed E-state index contributed by atoms with van der Waals surface area (Å²) >= 11 is 2.13. The second-order valence-corrected chi connectivity index (χ2v) is 5.88. The van der Waals surface area contributed by atoms with E-state index >= 15 is 0 Å². The molecule has 1 aliphatic heterocycles. The van der Waals surface area contributed by atoms with E-state index in [4.69, 9.17) is 0 Å². The molecule has 1 nitrogen and oxygen atoms in total. The molecule has 0 aromatic heterocycles. The van der Waals surface area contributed by atoms with Crippen LogP contribution in [0.1, 0.15) is 33.1 Å². The second kappa shape index (κ2) is 3.59. The summed E-state index contributed by atoms with van der Waals surface area (Å²) in [5.41, 5.74) is 0. The summed E-state index contributed by atoms with van der Waals surface area (Å²) in [6.07, 6.45) is 4.36. The van der Waals surface area contributed by atoms with Crippen LogP contribution in [0.3, 0.4) is 0 Å². The van der Waals surface area contributed by atoms with Crippen LogP contribution in [0.2, 0.25) is 0 Å². The molecular weight excluding hydrogens is 166 g/mol. The van der Waals surface area contributed by atoms with E-state index in [1.807, 2.05) is 0 Å². The molecule has 0 spiro atoms. The molecule has 2 rings (SSSR count). The zero-order valence-electron chi connectivity index (χ0n) is 8.12. The van der Waals surface area contributed by atoms with Gasteiger partial charge in [-0.05, 0) is 31.1 Å². The van der Waals surface area contributed by atoms with E-state index in [0.29, 0.717) is 0 Å². The third-order valence-corrected chi connectivity index (χ3v) is 4.35. The topological polar surface area (TPSA) is 3.24 Å². The lowest BCUT2D eigenvalue weighted by molar-refractivity contribution is 0.401. The van der Waals surface area contributed by atoms with Crippen molar-refractivity contribution < 1.29 is 0 Å². The summed E-state index contributed by atoms with van der Waals surface area (Å²) in [4.78, 5) is 0. The Morgan fingerprint density at radius 3 is 2.50 bits per heavy atom. The third-order valence-electron chi connectivity index (χ3n) is 2.95. The van der Waals surface area contributed by atoms with Crippen LogP contribution in [0.4, 0.5) is 0 Å². The molecule has 1 heterocycles. The van der Waals surface area contributed by atoms with Crippen molar-refractivity contribution in [2.24, 2.45) is 11.8 Å². The van der Waals surface area contributed by atoms with Crippen LogP contribution in [0.5, 0.6) is 0 Å². The maximum absolute atomic E-state index is 2.60. The Hall–Kier alpha value is 0.310. The minimum Gasteiger partial charge on any atom is -0.250 e. The third kappa shape index (κ3) is 2.17. The van der Waals surface area contributed by atoms with Crippen LogP contribution in [-0.4, -0.2) is 22.6 Å². The predicted octanol–water partition coefficient (Wildman–Crippen LogP) is 2.77. The van der Waals surface area contributed by atoms with Gasteiger partial charge in [-0.1, -0.05) is 25.8 Å². The Morgan fingerprint density at radius 1 is 1.25 bits per heavy atom. The van der Waals surface area contributed by atoms with Gasteiger partial charge >= 0.3 is 0 Å². The first-order chi connectivity index (χ1) is 5.75. The number of hydrogen-bond acceptors (Lipinski definition) is 2. The summed E-state index contributed by atoms with van der Waals surface area (Å²) in [5.74, 6) is 1.85. The fourth-order valence-electron chi connectivity index (χ4n) is 1.78. The summed E-state index contributed by atoms with van der Waals surface area (Å²) in [6, 6.07) is 0. The molecule has 1 aliphatic carbocycles. The van der Waals surface area contributed by atoms with Gasteiger partial charge in [0.15, 0.2) is 0 Å². The molecule has 0 bridgehead atoms. The predicted molar refractivity (Wildman–Crippen MR) is 55.1 cm³/mol. The largest absolute Gasteiger partial charge is 0.250 e. The van der Waals surface area contributed by atoms with Crippen molar-refractivity contribution in [2.75, 3.05) is 13.1 Å². The summed E-state index contributed by atoms with van der Waals surface area (Å²) < 4.78 is 2.60. The first kappa shape index (κ1) is 8.89. The van der Waals surface area contributed by atoms with Crippen molar-refractivity contribution in [1.82, 2.24) is 4.31 Å². The molecule has 1 saturated carbocycles. The molecule has 0 aromatic rings. The number of nitrogens with zero attached hydrogens (tertiary/aromatic N) is 1. The van der Waals surface area contributed by atoms with Crippen molar-refractivity contribution in [3.05, 3.63) is 0 Å². The highest BCUT2D eigenvalue weighted by Gasteiger charge is 2.30. The van der Waals surface area contributed by atoms with E-state index in [2.05, 4.69) is 30.1 Å². The molecule has 0 unspecified atom stereocenters. The SMILES string of the molecule is CC(C)[C@@H]1CCN(SC2CC2)C1. The highest BCUT2D eigenvalue weighted by molar-refractivity contribution is 7.97. The van der Waals surface area contributed by atoms with E-state index in [0.717, 1.165) is 17.1 Å². The Balaban J connectivity index is 1.73. The molecule has 2 aliphatic rings. The molecule has 1 atom stereocenters. The molecule has 0 N–H and O–H groups in total. The highest BCUT2D eigenvalue weighted by Crippen LogP contribution is 2.39. The lowest BCUT2D eigenvalue weighted by Gasteiger charge is -2.16. The quantitative estimate of drug-likeness (QED) is 0.622. The molecule has 2 heteroatoms. The Labute approximate surface area is 80.0 Å². The van der Waals surface area contributed by atoms with Crippen LogP contribution in [0.25, 0.3) is 0 Å². The van der Waals surface area contributed by atoms with Crippen molar-refractivity contribution in [3.63, 3.8) is 0 Å². The van der Waals surface area contributed by atoms with Gasteiger partial charge in [-0.2, -0.15) is 0 Å². The summed E-state index contributed by atoms with van der Waals surface area (Å²) in [6.45, 7) is 7.40. The fourth-order valence-corrected chi connectivity index (χ4v) is 3.04. The highest BCUT2D eigenvalue weighted by atomic mass is 32.2. The van der Waals surface area contributed by atoms with Crippen LogP contribution < -0.4 is 0 Å². The van der Waals surface area contributed by atoms with Gasteiger partial charge in [-0.3, -0.25) is 4.31 Å². The van der Waals surface area contributed by atoms with Crippen LogP contribution in [0, 0.1) is 11.8 Å². The molecule has 0 amide bonds.